The predicted molar refractivity (Wildman–Crippen MR) is 155 cm³/mol. The average Bonchev–Trinajstić information content (AvgIpc) is 3.61. The SMILES string of the molecule is C[C@@H](c1nccs1)N1C(=O)c2cccc(N3CCC(C(=O)NC4CCN(Cc5ccccc5)CC4)CC3)c2C1=O. The van der Waals surface area contributed by atoms with Crippen LogP contribution < -0.4 is 10.2 Å². The Morgan fingerprint density at radius 2 is 1.73 bits per heavy atom. The number of hydrogen-bond acceptors (Lipinski definition) is 7. The first-order valence-electron chi connectivity index (χ1n) is 14.2. The van der Waals surface area contributed by atoms with Crippen LogP contribution >= 0.6 is 11.3 Å². The molecule has 3 amide bonds. The van der Waals surface area contributed by atoms with Crippen LogP contribution in [0.4, 0.5) is 5.69 Å². The normalized spacial score (nSPS) is 19.6. The average molecular weight is 558 g/mol. The number of nitrogens with zero attached hydrogens (tertiary/aromatic N) is 4. The van der Waals surface area contributed by atoms with E-state index in [-0.39, 0.29) is 29.7 Å². The van der Waals surface area contributed by atoms with E-state index in [1.807, 2.05) is 30.5 Å². The van der Waals surface area contributed by atoms with Crippen LogP contribution in [0, 0.1) is 5.92 Å². The number of nitrogens with one attached hydrogen (secondary N) is 1. The Bertz CT molecular complexity index is 1360. The zero-order valence-electron chi connectivity index (χ0n) is 22.8. The van der Waals surface area contributed by atoms with E-state index in [1.165, 1.54) is 21.8 Å². The molecule has 9 heteroatoms. The summed E-state index contributed by atoms with van der Waals surface area (Å²) in [7, 11) is 0. The van der Waals surface area contributed by atoms with Crippen molar-refractivity contribution in [3.05, 3.63) is 81.8 Å². The maximum Gasteiger partial charge on any atom is 0.264 e. The van der Waals surface area contributed by atoms with Crippen LogP contribution in [-0.4, -0.2) is 64.7 Å². The molecule has 6 rings (SSSR count). The molecule has 0 radical (unpaired) electrons. The highest BCUT2D eigenvalue weighted by molar-refractivity contribution is 7.09. The minimum atomic E-state index is -0.417. The fraction of sp³-hybridized carbons (Fsp3) is 0.419. The van der Waals surface area contributed by atoms with E-state index in [1.54, 1.807) is 12.3 Å². The predicted octanol–water partition coefficient (Wildman–Crippen LogP) is 4.50. The summed E-state index contributed by atoms with van der Waals surface area (Å²) in [5.41, 5.74) is 3.04. The summed E-state index contributed by atoms with van der Waals surface area (Å²) < 4.78 is 0. The van der Waals surface area contributed by atoms with E-state index in [2.05, 4.69) is 44.4 Å². The lowest BCUT2D eigenvalue weighted by molar-refractivity contribution is -0.126. The van der Waals surface area contributed by atoms with Crippen LogP contribution in [-0.2, 0) is 11.3 Å². The van der Waals surface area contributed by atoms with Crippen molar-refractivity contribution < 1.29 is 14.4 Å². The van der Waals surface area contributed by atoms with Crippen LogP contribution in [0.2, 0.25) is 0 Å². The van der Waals surface area contributed by atoms with E-state index < -0.39 is 6.04 Å². The standard InChI is InChI=1S/C31H35N5O3S/c1-21(29-32-14-19-40-29)36-30(38)25-8-5-9-26(27(25)31(36)39)35-17-10-23(11-18-35)28(37)33-24-12-15-34(16-13-24)20-22-6-3-2-4-7-22/h2-9,14,19,21,23-24H,10-13,15-18,20H2,1H3,(H,33,37)/t21-/m0/s1. The number of rotatable bonds is 7. The van der Waals surface area contributed by atoms with Crippen molar-refractivity contribution in [2.75, 3.05) is 31.1 Å². The third-order valence-corrected chi connectivity index (χ3v) is 9.46. The van der Waals surface area contributed by atoms with Crippen molar-refractivity contribution in [2.45, 2.75) is 51.2 Å². The van der Waals surface area contributed by atoms with Gasteiger partial charge in [-0.05, 0) is 50.3 Å². The van der Waals surface area contributed by atoms with Crippen molar-refractivity contribution in [1.29, 1.82) is 0 Å². The van der Waals surface area contributed by atoms with Gasteiger partial charge in [0, 0.05) is 56.3 Å². The first kappa shape index (κ1) is 26.7. The van der Waals surface area contributed by atoms with Crippen LogP contribution in [0.25, 0.3) is 0 Å². The maximum atomic E-state index is 13.5. The number of carbonyl (C=O) groups is 3. The Morgan fingerprint density at radius 1 is 0.975 bits per heavy atom. The zero-order chi connectivity index (χ0) is 27.6. The van der Waals surface area contributed by atoms with Gasteiger partial charge in [0.2, 0.25) is 5.91 Å². The number of amides is 3. The van der Waals surface area contributed by atoms with Crippen LogP contribution in [0.5, 0.6) is 0 Å². The van der Waals surface area contributed by atoms with Crippen molar-refractivity contribution in [1.82, 2.24) is 20.1 Å². The number of piperidine rings is 2. The largest absolute Gasteiger partial charge is 0.371 e. The van der Waals surface area contributed by atoms with Gasteiger partial charge >= 0.3 is 0 Å². The Morgan fingerprint density at radius 3 is 2.42 bits per heavy atom. The van der Waals surface area contributed by atoms with Crippen molar-refractivity contribution >= 4 is 34.7 Å². The molecule has 8 nitrogen and oxygen atoms in total. The minimum Gasteiger partial charge on any atom is -0.371 e. The zero-order valence-corrected chi connectivity index (χ0v) is 23.6. The molecule has 0 bridgehead atoms. The number of likely N-dealkylation sites (tertiary alicyclic amines) is 1. The molecular formula is C31H35N5O3S. The van der Waals surface area contributed by atoms with E-state index >= 15 is 0 Å². The number of imide groups is 1. The minimum absolute atomic E-state index is 0.0332. The lowest BCUT2D eigenvalue weighted by atomic mass is 9.93. The number of aromatic nitrogens is 1. The topological polar surface area (TPSA) is 85.8 Å². The third kappa shape index (κ3) is 5.28. The van der Waals surface area contributed by atoms with Crippen LogP contribution in [0.1, 0.15) is 69.9 Å². The van der Waals surface area contributed by atoms with Gasteiger partial charge < -0.3 is 10.2 Å². The summed E-state index contributed by atoms with van der Waals surface area (Å²) in [6.45, 7) is 6.13. The molecule has 40 heavy (non-hydrogen) atoms. The summed E-state index contributed by atoms with van der Waals surface area (Å²) in [5, 5.41) is 5.91. The van der Waals surface area contributed by atoms with E-state index in [9.17, 15) is 14.4 Å². The highest BCUT2D eigenvalue weighted by atomic mass is 32.1. The van der Waals surface area contributed by atoms with Crippen molar-refractivity contribution in [3.63, 3.8) is 0 Å². The number of benzene rings is 2. The van der Waals surface area contributed by atoms with Gasteiger partial charge in [-0.2, -0.15) is 0 Å². The molecule has 2 aromatic carbocycles. The molecule has 2 saturated heterocycles. The van der Waals surface area contributed by atoms with Crippen LogP contribution in [0.15, 0.2) is 60.1 Å². The molecule has 3 aliphatic rings. The summed E-state index contributed by atoms with van der Waals surface area (Å²) in [5.74, 6) is -0.423. The van der Waals surface area contributed by atoms with Crippen molar-refractivity contribution in [3.8, 4) is 0 Å². The van der Waals surface area contributed by atoms with E-state index in [0.29, 0.717) is 24.2 Å². The fourth-order valence-electron chi connectivity index (χ4n) is 6.23. The molecule has 0 unspecified atom stereocenters. The molecule has 4 heterocycles. The van der Waals surface area contributed by atoms with Gasteiger partial charge in [0.15, 0.2) is 0 Å². The number of fused-ring (bicyclic) bond motifs is 1. The second-order valence-electron chi connectivity index (χ2n) is 11.0. The monoisotopic (exact) mass is 557 g/mol. The second kappa shape index (κ2) is 11.5. The molecular weight excluding hydrogens is 522 g/mol. The van der Waals surface area contributed by atoms with Gasteiger partial charge in [0.1, 0.15) is 5.01 Å². The van der Waals surface area contributed by atoms with Crippen LogP contribution in [0.3, 0.4) is 0 Å². The molecule has 1 aromatic heterocycles. The quantitative estimate of drug-likeness (QED) is 0.431. The van der Waals surface area contributed by atoms with Gasteiger partial charge in [-0.15, -0.1) is 11.3 Å². The summed E-state index contributed by atoms with van der Waals surface area (Å²) in [4.78, 5) is 50.1. The van der Waals surface area contributed by atoms with Crippen molar-refractivity contribution in [2.24, 2.45) is 5.92 Å². The Labute approximate surface area is 239 Å². The smallest absolute Gasteiger partial charge is 0.264 e. The molecule has 3 aromatic rings. The molecule has 208 valence electrons. The fourth-order valence-corrected chi connectivity index (χ4v) is 6.92. The Kier molecular flexibility index (Phi) is 7.67. The molecule has 1 atom stereocenters. The lowest BCUT2D eigenvalue weighted by Crippen LogP contribution is -2.48. The first-order valence-corrected chi connectivity index (χ1v) is 15.1. The number of carbonyl (C=O) groups excluding carboxylic acids is 3. The van der Waals surface area contributed by atoms with Gasteiger partial charge in [-0.1, -0.05) is 36.4 Å². The van der Waals surface area contributed by atoms with E-state index in [0.717, 1.165) is 56.0 Å². The summed E-state index contributed by atoms with van der Waals surface area (Å²) in [6, 6.07) is 15.8. The summed E-state index contributed by atoms with van der Waals surface area (Å²) >= 11 is 1.44. The Hall–Kier alpha value is -3.56. The highest BCUT2D eigenvalue weighted by Crippen LogP contribution is 2.38. The van der Waals surface area contributed by atoms with Gasteiger partial charge in [0.05, 0.1) is 22.9 Å². The van der Waals surface area contributed by atoms with Gasteiger partial charge in [0.25, 0.3) is 11.8 Å². The molecule has 3 aliphatic heterocycles. The second-order valence-corrected chi connectivity index (χ2v) is 12.0. The highest BCUT2D eigenvalue weighted by Gasteiger charge is 2.42. The Balaban J connectivity index is 1.03. The van der Waals surface area contributed by atoms with Gasteiger partial charge in [-0.3, -0.25) is 24.2 Å². The third-order valence-electron chi connectivity index (χ3n) is 8.51. The number of hydrogen-bond donors (Lipinski definition) is 1. The molecule has 1 N–H and O–H groups in total. The number of thiazole rings is 1. The van der Waals surface area contributed by atoms with E-state index in [4.69, 9.17) is 0 Å². The summed E-state index contributed by atoms with van der Waals surface area (Å²) in [6.07, 6.45) is 5.09. The maximum absolute atomic E-state index is 13.5. The molecule has 0 aliphatic carbocycles. The molecule has 0 spiro atoms. The number of anilines is 1. The lowest BCUT2D eigenvalue weighted by Gasteiger charge is -2.36. The first-order chi connectivity index (χ1) is 19.5. The molecule has 2 fully saturated rings. The molecule has 0 saturated carbocycles. The van der Waals surface area contributed by atoms with Gasteiger partial charge in [-0.25, -0.2) is 4.98 Å².